The molecule has 1 saturated heterocycles. The minimum absolute atomic E-state index is 0.0383. The maximum atomic E-state index is 12.1. The van der Waals surface area contributed by atoms with E-state index in [0.717, 1.165) is 29.6 Å². The zero-order valence-electron chi connectivity index (χ0n) is 12.5. The molecule has 4 rings (SSSR count). The van der Waals surface area contributed by atoms with E-state index in [1.165, 1.54) is 24.6 Å². The third kappa shape index (κ3) is 2.52. The van der Waals surface area contributed by atoms with E-state index in [9.17, 15) is 4.79 Å². The van der Waals surface area contributed by atoms with Gasteiger partial charge in [0.2, 0.25) is 11.1 Å². The van der Waals surface area contributed by atoms with Crippen molar-refractivity contribution in [2.75, 3.05) is 13.6 Å². The monoisotopic (exact) mass is 314 g/mol. The Morgan fingerprint density at radius 3 is 2.59 bits per heavy atom. The Morgan fingerprint density at radius 2 is 1.95 bits per heavy atom. The Labute approximate surface area is 133 Å². The van der Waals surface area contributed by atoms with Crippen molar-refractivity contribution in [2.24, 2.45) is 0 Å². The molecule has 1 aromatic heterocycles. The van der Waals surface area contributed by atoms with Crippen LogP contribution in [0.4, 0.5) is 0 Å². The van der Waals surface area contributed by atoms with Gasteiger partial charge in [-0.05, 0) is 31.4 Å². The van der Waals surface area contributed by atoms with E-state index in [2.05, 4.69) is 5.10 Å². The van der Waals surface area contributed by atoms with Gasteiger partial charge in [0.1, 0.15) is 5.82 Å². The van der Waals surface area contributed by atoms with E-state index in [0.29, 0.717) is 5.92 Å². The topological polar surface area (TPSA) is 51.0 Å². The molecule has 6 heteroatoms. The molecule has 1 aromatic carbocycles. The highest BCUT2D eigenvalue weighted by molar-refractivity contribution is 8.00. The number of hydrogen-bond donors (Lipinski definition) is 0. The summed E-state index contributed by atoms with van der Waals surface area (Å²) in [5.41, 5.74) is 1.04. The van der Waals surface area contributed by atoms with Gasteiger partial charge in [-0.3, -0.25) is 4.79 Å². The predicted octanol–water partition coefficient (Wildman–Crippen LogP) is 2.47. The summed E-state index contributed by atoms with van der Waals surface area (Å²) in [6.07, 6.45) is 3.24. The molecule has 1 aliphatic heterocycles. The van der Waals surface area contributed by atoms with Crippen LogP contribution in [0, 0.1) is 0 Å². The lowest BCUT2D eigenvalue weighted by atomic mass is 10.3. The van der Waals surface area contributed by atoms with Crippen molar-refractivity contribution in [2.45, 2.75) is 35.6 Å². The molecular weight excluding hydrogens is 296 g/mol. The van der Waals surface area contributed by atoms with Gasteiger partial charge < -0.3 is 4.90 Å². The molecule has 2 aromatic rings. The summed E-state index contributed by atoms with van der Waals surface area (Å²) in [6, 6.07) is 10.1. The van der Waals surface area contributed by atoms with Crippen molar-refractivity contribution in [3.8, 4) is 5.69 Å². The lowest BCUT2D eigenvalue weighted by Crippen LogP contribution is -2.23. The second-order valence-corrected chi connectivity index (χ2v) is 7.10. The molecule has 1 saturated carbocycles. The largest absolute Gasteiger partial charge is 0.345 e. The second-order valence-electron chi connectivity index (χ2n) is 5.93. The maximum absolute atomic E-state index is 12.1. The summed E-state index contributed by atoms with van der Waals surface area (Å²) < 4.78 is 1.95. The van der Waals surface area contributed by atoms with E-state index in [1.807, 2.05) is 42.1 Å². The van der Waals surface area contributed by atoms with E-state index in [1.54, 1.807) is 4.90 Å². The molecule has 1 amide bonds. The number of carbonyl (C=O) groups is 1. The molecule has 114 valence electrons. The fraction of sp³-hybridized carbons (Fsp3) is 0.438. The van der Waals surface area contributed by atoms with Crippen LogP contribution in [0.15, 0.2) is 35.5 Å². The summed E-state index contributed by atoms with van der Waals surface area (Å²) in [6.45, 7) is 0.825. The van der Waals surface area contributed by atoms with E-state index in [-0.39, 0.29) is 11.2 Å². The highest BCUT2D eigenvalue weighted by Crippen LogP contribution is 2.41. The lowest BCUT2D eigenvalue weighted by molar-refractivity contribution is -0.126. The summed E-state index contributed by atoms with van der Waals surface area (Å²) in [5.74, 6) is 1.74. The number of hydrogen-bond acceptors (Lipinski definition) is 4. The van der Waals surface area contributed by atoms with E-state index in [4.69, 9.17) is 4.98 Å². The average molecular weight is 314 g/mol. The number of likely N-dealkylation sites (tertiary alicyclic amines) is 1. The van der Waals surface area contributed by atoms with Crippen LogP contribution >= 0.6 is 11.8 Å². The molecule has 2 aliphatic rings. The van der Waals surface area contributed by atoms with Crippen molar-refractivity contribution in [3.05, 3.63) is 36.2 Å². The minimum Gasteiger partial charge on any atom is -0.345 e. The van der Waals surface area contributed by atoms with Gasteiger partial charge in [0.05, 0.1) is 10.9 Å². The highest BCUT2D eigenvalue weighted by atomic mass is 32.2. The average Bonchev–Trinajstić information content (AvgIpc) is 3.24. The van der Waals surface area contributed by atoms with Crippen molar-refractivity contribution in [1.82, 2.24) is 19.7 Å². The zero-order valence-corrected chi connectivity index (χ0v) is 13.3. The Kier molecular flexibility index (Phi) is 3.41. The van der Waals surface area contributed by atoms with Gasteiger partial charge in [-0.2, -0.15) is 0 Å². The van der Waals surface area contributed by atoms with Gasteiger partial charge >= 0.3 is 0 Å². The maximum Gasteiger partial charge on any atom is 0.235 e. The summed E-state index contributed by atoms with van der Waals surface area (Å²) in [4.78, 5) is 18.6. The van der Waals surface area contributed by atoms with Gasteiger partial charge in [0, 0.05) is 19.5 Å². The van der Waals surface area contributed by atoms with Crippen LogP contribution < -0.4 is 0 Å². The van der Waals surface area contributed by atoms with E-state index >= 15 is 0 Å². The number of carbonyl (C=O) groups excluding carboxylic acids is 1. The van der Waals surface area contributed by atoms with Gasteiger partial charge in [0.25, 0.3) is 0 Å². The van der Waals surface area contributed by atoms with Gasteiger partial charge in [-0.1, -0.05) is 30.0 Å². The number of amides is 1. The first kappa shape index (κ1) is 13.8. The zero-order chi connectivity index (χ0) is 15.1. The van der Waals surface area contributed by atoms with Crippen LogP contribution in [0.1, 0.15) is 31.0 Å². The lowest BCUT2D eigenvalue weighted by Gasteiger charge is -2.07. The number of aromatic nitrogens is 3. The fourth-order valence-corrected chi connectivity index (χ4v) is 3.78. The minimum atomic E-state index is -0.0383. The molecule has 0 bridgehead atoms. The first-order valence-corrected chi connectivity index (χ1v) is 8.54. The molecule has 1 aliphatic carbocycles. The van der Waals surface area contributed by atoms with Crippen molar-refractivity contribution in [1.29, 1.82) is 0 Å². The molecule has 5 nitrogen and oxygen atoms in total. The van der Waals surface area contributed by atoms with Crippen LogP contribution in [0.2, 0.25) is 0 Å². The van der Waals surface area contributed by atoms with Crippen LogP contribution in [-0.2, 0) is 4.79 Å². The molecule has 2 heterocycles. The highest BCUT2D eigenvalue weighted by Gasteiger charge is 2.34. The van der Waals surface area contributed by atoms with Crippen LogP contribution in [-0.4, -0.2) is 44.4 Å². The van der Waals surface area contributed by atoms with E-state index < -0.39 is 0 Å². The number of nitrogens with zero attached hydrogens (tertiary/aromatic N) is 4. The Hall–Kier alpha value is -1.82. The van der Waals surface area contributed by atoms with Crippen LogP contribution in [0.25, 0.3) is 5.69 Å². The number of benzene rings is 1. The Bertz CT molecular complexity index is 695. The van der Waals surface area contributed by atoms with Crippen LogP contribution in [0.5, 0.6) is 0 Å². The molecule has 2 fully saturated rings. The molecule has 0 N–H and O–H groups in total. The normalized spacial score (nSPS) is 21.6. The molecule has 22 heavy (non-hydrogen) atoms. The third-order valence-corrected chi connectivity index (χ3v) is 5.29. The fourth-order valence-electron chi connectivity index (χ4n) is 2.75. The Balaban J connectivity index is 1.63. The molecule has 1 atom stereocenters. The van der Waals surface area contributed by atoms with Crippen molar-refractivity contribution >= 4 is 17.7 Å². The molecule has 1 unspecified atom stereocenters. The van der Waals surface area contributed by atoms with Crippen molar-refractivity contribution < 1.29 is 4.79 Å². The third-order valence-electron chi connectivity index (χ3n) is 4.18. The SMILES string of the molecule is CN1CCC(Sc2nc(C3CC3)n(-c3ccccc3)n2)C1=O. The number of rotatable bonds is 4. The van der Waals surface area contributed by atoms with Gasteiger partial charge in [-0.25, -0.2) is 9.67 Å². The predicted molar refractivity (Wildman–Crippen MR) is 85.2 cm³/mol. The quantitative estimate of drug-likeness (QED) is 0.870. The number of para-hydroxylation sites is 1. The first-order chi connectivity index (χ1) is 10.7. The molecule has 0 spiro atoms. The van der Waals surface area contributed by atoms with Gasteiger partial charge in [-0.15, -0.1) is 5.10 Å². The van der Waals surface area contributed by atoms with Crippen molar-refractivity contribution in [3.63, 3.8) is 0 Å². The van der Waals surface area contributed by atoms with Gasteiger partial charge in [0.15, 0.2) is 0 Å². The first-order valence-electron chi connectivity index (χ1n) is 7.66. The smallest absolute Gasteiger partial charge is 0.235 e. The molecular formula is C16H18N4OS. The second kappa shape index (κ2) is 5.43. The summed E-state index contributed by atoms with van der Waals surface area (Å²) in [5, 5.41) is 5.35. The number of thioether (sulfide) groups is 1. The van der Waals surface area contributed by atoms with Crippen LogP contribution in [0.3, 0.4) is 0 Å². The standard InChI is InChI=1S/C16H18N4OS/c1-19-10-9-13(15(19)21)22-16-17-14(11-7-8-11)20(18-16)12-5-3-2-4-6-12/h2-6,11,13H,7-10H2,1H3. The summed E-state index contributed by atoms with van der Waals surface area (Å²) in [7, 11) is 1.86. The summed E-state index contributed by atoms with van der Waals surface area (Å²) >= 11 is 1.50. The molecule has 0 radical (unpaired) electrons. The Morgan fingerprint density at radius 1 is 1.18 bits per heavy atom.